The monoisotopic (exact) mass is 362 g/mol. The molecule has 1 aromatic carbocycles. The van der Waals surface area contributed by atoms with Crippen molar-refractivity contribution in [2.75, 3.05) is 20.2 Å². The van der Waals surface area contributed by atoms with Crippen molar-refractivity contribution in [1.29, 1.82) is 0 Å². The number of rotatable bonds is 8. The van der Waals surface area contributed by atoms with Crippen LogP contribution in [0.1, 0.15) is 37.7 Å². The molecular weight excluding hydrogens is 340 g/mol. The number of likely N-dealkylation sites (tertiary alicyclic amines) is 1. The summed E-state index contributed by atoms with van der Waals surface area (Å²) in [5.74, 6) is -3.21. The molecule has 0 radical (unpaired) electrons. The van der Waals surface area contributed by atoms with Crippen molar-refractivity contribution in [3.63, 3.8) is 0 Å². The molecule has 0 saturated carbocycles. The summed E-state index contributed by atoms with van der Waals surface area (Å²) >= 11 is 0. The van der Waals surface area contributed by atoms with Crippen molar-refractivity contribution in [2.45, 2.75) is 32.1 Å². The number of hydrogen-bond acceptors (Lipinski definition) is 6. The summed E-state index contributed by atoms with van der Waals surface area (Å²) in [5, 5.41) is 11.3. The quantitative estimate of drug-likeness (QED) is 0.229. The van der Waals surface area contributed by atoms with Crippen molar-refractivity contribution in [3.8, 4) is 0 Å². The molecule has 0 unspecified atom stereocenters. The summed E-state index contributed by atoms with van der Waals surface area (Å²) in [6.45, 7) is 1.45. The number of imide groups is 1. The first-order chi connectivity index (χ1) is 12.4. The Morgan fingerprint density at radius 1 is 1.35 bits per heavy atom. The van der Waals surface area contributed by atoms with Crippen LogP contribution in [0.25, 0.3) is 0 Å². The summed E-state index contributed by atoms with van der Waals surface area (Å²) in [7, 11) is 1.12. The van der Waals surface area contributed by atoms with Crippen molar-refractivity contribution in [3.05, 3.63) is 46.0 Å². The Balaban J connectivity index is 2.57. The molecule has 2 amide bonds. The fourth-order valence-electron chi connectivity index (χ4n) is 3.44. The normalized spacial score (nSPS) is 20.9. The highest BCUT2D eigenvalue weighted by molar-refractivity contribution is 6.16. The zero-order chi connectivity index (χ0) is 19.3. The molecule has 8 heteroatoms. The smallest absolute Gasteiger partial charge is 0.322 e. The number of amides is 2. The van der Waals surface area contributed by atoms with E-state index in [0.29, 0.717) is 12.0 Å². The maximum absolute atomic E-state index is 13.1. The predicted octanol–water partition coefficient (Wildman–Crippen LogP) is 1.77. The van der Waals surface area contributed by atoms with Crippen molar-refractivity contribution >= 4 is 17.8 Å². The van der Waals surface area contributed by atoms with Crippen LogP contribution in [0.5, 0.6) is 0 Å². The molecule has 0 aliphatic carbocycles. The van der Waals surface area contributed by atoms with Gasteiger partial charge in [-0.3, -0.25) is 29.4 Å². The van der Waals surface area contributed by atoms with Gasteiger partial charge in [0.2, 0.25) is 18.4 Å². The van der Waals surface area contributed by atoms with Gasteiger partial charge < -0.3 is 4.74 Å². The third-order valence-electron chi connectivity index (χ3n) is 4.77. The second-order valence-corrected chi connectivity index (χ2v) is 6.32. The lowest BCUT2D eigenvalue weighted by atomic mass is 9.70. The SMILES string of the molecule is CCCCN1C(=O)C[C@@](C(=O)OC)([C@@H](C[N+](=O)[O-])c2ccccc2)C1=O. The maximum Gasteiger partial charge on any atom is 0.322 e. The van der Waals surface area contributed by atoms with E-state index in [1.165, 1.54) is 0 Å². The standard InChI is InChI=1S/C18H22N2O6/c1-3-4-10-19-15(21)11-18(16(19)22,17(23)26-2)14(12-20(24)25)13-8-6-5-7-9-13/h5-9,14H,3-4,10-12H2,1-2H3/t14-,18+/m0/s1. The van der Waals surface area contributed by atoms with E-state index in [0.717, 1.165) is 18.4 Å². The van der Waals surface area contributed by atoms with E-state index in [1.54, 1.807) is 30.3 Å². The topological polar surface area (TPSA) is 107 Å². The number of hydrogen-bond donors (Lipinski definition) is 0. The molecular formula is C18H22N2O6. The lowest BCUT2D eigenvalue weighted by molar-refractivity contribution is -0.485. The zero-order valence-electron chi connectivity index (χ0n) is 14.8. The third kappa shape index (κ3) is 3.44. The van der Waals surface area contributed by atoms with E-state index in [-0.39, 0.29) is 6.54 Å². The van der Waals surface area contributed by atoms with Crippen LogP contribution < -0.4 is 0 Å². The van der Waals surface area contributed by atoms with Crippen molar-refractivity contribution in [1.82, 2.24) is 4.90 Å². The molecule has 2 atom stereocenters. The van der Waals surface area contributed by atoms with Gasteiger partial charge >= 0.3 is 5.97 Å². The molecule has 140 valence electrons. The second kappa shape index (κ2) is 8.07. The fraction of sp³-hybridized carbons (Fsp3) is 0.500. The summed E-state index contributed by atoms with van der Waals surface area (Å²) in [6, 6.07) is 8.30. The number of esters is 1. The lowest BCUT2D eigenvalue weighted by Crippen LogP contribution is -2.47. The molecule has 1 saturated heterocycles. The molecule has 2 rings (SSSR count). The largest absolute Gasteiger partial charge is 0.468 e. The molecule has 26 heavy (non-hydrogen) atoms. The Bertz CT molecular complexity index is 705. The minimum absolute atomic E-state index is 0.187. The van der Waals surface area contributed by atoms with Crippen LogP contribution in [0.4, 0.5) is 0 Å². The number of methoxy groups -OCH3 is 1. The summed E-state index contributed by atoms with van der Waals surface area (Å²) in [6.07, 6.45) is 0.939. The van der Waals surface area contributed by atoms with Crippen LogP contribution in [0.3, 0.4) is 0 Å². The Kier molecular flexibility index (Phi) is 6.07. The number of nitrogens with zero attached hydrogens (tertiary/aromatic N) is 2. The molecule has 8 nitrogen and oxygen atoms in total. The molecule has 1 aliphatic heterocycles. The van der Waals surface area contributed by atoms with Crippen molar-refractivity contribution in [2.24, 2.45) is 5.41 Å². The number of carbonyl (C=O) groups is 3. The third-order valence-corrected chi connectivity index (χ3v) is 4.77. The molecule has 1 aromatic rings. The highest BCUT2D eigenvalue weighted by atomic mass is 16.6. The minimum atomic E-state index is -1.91. The number of carbonyl (C=O) groups excluding carboxylic acids is 3. The highest BCUT2D eigenvalue weighted by Gasteiger charge is 2.63. The average Bonchev–Trinajstić information content (AvgIpc) is 2.89. The van der Waals surface area contributed by atoms with Gasteiger partial charge in [-0.1, -0.05) is 43.7 Å². The first kappa shape index (κ1) is 19.6. The zero-order valence-corrected chi connectivity index (χ0v) is 14.8. The van der Waals surface area contributed by atoms with E-state index in [9.17, 15) is 24.5 Å². The molecule has 0 N–H and O–H groups in total. The van der Waals surface area contributed by atoms with Crippen LogP contribution in [-0.4, -0.2) is 47.8 Å². The van der Waals surface area contributed by atoms with Gasteiger partial charge in [-0.25, -0.2) is 0 Å². The molecule has 1 aliphatic rings. The Hall–Kier alpha value is -2.77. The van der Waals surface area contributed by atoms with E-state index in [4.69, 9.17) is 4.74 Å². The minimum Gasteiger partial charge on any atom is -0.468 e. The Morgan fingerprint density at radius 3 is 2.54 bits per heavy atom. The van der Waals surface area contributed by atoms with Gasteiger partial charge in [0.1, 0.15) is 0 Å². The Labute approximate surface area is 151 Å². The average molecular weight is 362 g/mol. The summed E-state index contributed by atoms with van der Waals surface area (Å²) in [5.41, 5.74) is -1.46. The number of benzene rings is 1. The first-order valence-corrected chi connectivity index (χ1v) is 8.48. The maximum atomic E-state index is 13.1. The van der Waals surface area contributed by atoms with Gasteiger partial charge in [0.05, 0.1) is 19.4 Å². The summed E-state index contributed by atoms with van der Waals surface area (Å²) < 4.78 is 4.83. The van der Waals surface area contributed by atoms with Gasteiger partial charge in [0, 0.05) is 11.5 Å². The second-order valence-electron chi connectivity index (χ2n) is 6.32. The number of nitro groups is 1. The van der Waals surface area contributed by atoms with Gasteiger partial charge in [-0.05, 0) is 12.0 Å². The number of unbranched alkanes of at least 4 members (excludes halogenated alkanes) is 1. The highest BCUT2D eigenvalue weighted by Crippen LogP contribution is 2.46. The van der Waals surface area contributed by atoms with Crippen LogP contribution in [0, 0.1) is 15.5 Å². The van der Waals surface area contributed by atoms with E-state index in [1.807, 2.05) is 6.92 Å². The fourth-order valence-corrected chi connectivity index (χ4v) is 3.44. The molecule has 0 bridgehead atoms. The predicted molar refractivity (Wildman–Crippen MR) is 91.7 cm³/mol. The van der Waals surface area contributed by atoms with E-state index < -0.39 is 47.0 Å². The van der Waals surface area contributed by atoms with E-state index >= 15 is 0 Å². The number of ether oxygens (including phenoxy) is 1. The van der Waals surface area contributed by atoms with Gasteiger partial charge in [-0.15, -0.1) is 0 Å². The molecule has 1 fully saturated rings. The van der Waals surface area contributed by atoms with Crippen LogP contribution in [0.2, 0.25) is 0 Å². The van der Waals surface area contributed by atoms with Crippen LogP contribution in [-0.2, 0) is 19.1 Å². The summed E-state index contributed by atoms with van der Waals surface area (Å²) in [4.78, 5) is 50.0. The van der Waals surface area contributed by atoms with Gasteiger partial charge in [0.15, 0.2) is 5.41 Å². The van der Waals surface area contributed by atoms with Crippen LogP contribution >= 0.6 is 0 Å². The van der Waals surface area contributed by atoms with Crippen molar-refractivity contribution < 1.29 is 24.0 Å². The molecule has 1 heterocycles. The van der Waals surface area contributed by atoms with Crippen LogP contribution in [0.15, 0.2) is 30.3 Å². The first-order valence-electron chi connectivity index (χ1n) is 8.48. The van der Waals surface area contributed by atoms with E-state index in [2.05, 4.69) is 0 Å². The Morgan fingerprint density at radius 2 is 2.00 bits per heavy atom. The van der Waals surface area contributed by atoms with Gasteiger partial charge in [-0.2, -0.15) is 0 Å². The lowest BCUT2D eigenvalue weighted by Gasteiger charge is -2.30. The van der Waals surface area contributed by atoms with Gasteiger partial charge in [0.25, 0.3) is 0 Å². The molecule has 0 aromatic heterocycles. The molecule has 0 spiro atoms.